The van der Waals surface area contributed by atoms with Crippen LogP contribution < -0.4 is 0 Å². The molecule has 5 atom stereocenters. The molecule has 0 spiro atoms. The summed E-state index contributed by atoms with van der Waals surface area (Å²) in [5.41, 5.74) is -3.06. The van der Waals surface area contributed by atoms with Gasteiger partial charge in [-0.3, -0.25) is 9.59 Å². The fourth-order valence-corrected chi connectivity index (χ4v) is 4.63. The maximum atomic E-state index is 12.7. The van der Waals surface area contributed by atoms with E-state index in [4.69, 9.17) is 13.9 Å². The van der Waals surface area contributed by atoms with Gasteiger partial charge in [-0.1, -0.05) is 44.5 Å². The van der Waals surface area contributed by atoms with Gasteiger partial charge >= 0.3 is 5.97 Å². The lowest BCUT2D eigenvalue weighted by Gasteiger charge is -2.43. The number of ether oxygens (including phenoxy) is 2. The Kier molecular flexibility index (Phi) is 5.61. The van der Waals surface area contributed by atoms with Gasteiger partial charge in [0.05, 0.1) is 5.41 Å². The summed E-state index contributed by atoms with van der Waals surface area (Å²) in [5.74, 6) is 10.2. The number of carbonyl (C=O) groups excluding carboxylic acids is 2. The van der Waals surface area contributed by atoms with Gasteiger partial charge in [0.15, 0.2) is 25.8 Å². The molecule has 3 rings (SSSR count). The highest BCUT2D eigenvalue weighted by atomic mass is 28.4. The number of ketones is 1. The number of aliphatic hydroxyl groups excluding tert-OH is 1. The number of rotatable bonds is 4. The van der Waals surface area contributed by atoms with Crippen LogP contribution in [0.2, 0.25) is 18.1 Å². The highest BCUT2D eigenvalue weighted by Gasteiger charge is 2.59. The van der Waals surface area contributed by atoms with E-state index >= 15 is 0 Å². The molecule has 1 saturated heterocycles. The van der Waals surface area contributed by atoms with E-state index < -0.39 is 43.1 Å². The zero-order valence-corrected chi connectivity index (χ0v) is 20.6. The molecule has 0 aromatic rings. The molecule has 0 unspecified atom stereocenters. The maximum Gasteiger partial charge on any atom is 0.311 e. The van der Waals surface area contributed by atoms with E-state index in [9.17, 15) is 14.7 Å². The molecule has 31 heavy (non-hydrogen) atoms. The number of epoxide rings is 1. The van der Waals surface area contributed by atoms with E-state index in [1.807, 2.05) is 0 Å². The number of fused-ring (bicyclic) bond motifs is 2. The van der Waals surface area contributed by atoms with Crippen molar-refractivity contribution in [3.05, 3.63) is 12.2 Å². The number of aliphatic hydroxyl groups is 1. The molecule has 3 aliphatic rings. The molecule has 168 valence electrons. The van der Waals surface area contributed by atoms with E-state index in [1.54, 1.807) is 26.8 Å². The van der Waals surface area contributed by atoms with Crippen molar-refractivity contribution in [3.63, 3.8) is 0 Å². The van der Waals surface area contributed by atoms with Crippen LogP contribution >= 0.6 is 0 Å². The van der Waals surface area contributed by atoms with E-state index in [0.29, 0.717) is 0 Å². The van der Waals surface area contributed by atoms with Crippen LogP contribution in [-0.4, -0.2) is 55.2 Å². The summed E-state index contributed by atoms with van der Waals surface area (Å²) in [5, 5.41) is 10.6. The van der Waals surface area contributed by atoms with Gasteiger partial charge in [-0.05, 0) is 51.1 Å². The average molecular weight is 445 g/mol. The molecule has 1 fully saturated rings. The fourth-order valence-electron chi connectivity index (χ4n) is 3.23. The Labute approximate surface area is 185 Å². The quantitative estimate of drug-likeness (QED) is 0.311. The standard InChI is InChI=1S/C24H32O6Si/c1-21(2,3)20(27)28-15-24-14-13-23(30-31(7,8)22(4,5)6)12-11-17(26)19(23)16(25)9-10-18(24)29-24/h11-12,16,18-19,25H,15H2,1-8H3/t16-,18+,19-,23+,24+/m0/s1. The van der Waals surface area contributed by atoms with E-state index in [-0.39, 0.29) is 23.4 Å². The molecule has 0 amide bonds. The lowest BCUT2D eigenvalue weighted by atomic mass is 9.85. The van der Waals surface area contributed by atoms with Gasteiger partial charge in [0.2, 0.25) is 5.60 Å². The first kappa shape index (κ1) is 23.8. The van der Waals surface area contributed by atoms with Gasteiger partial charge in [0.25, 0.3) is 0 Å². The number of allylic oxidation sites excluding steroid dienone is 1. The molecule has 6 nitrogen and oxygen atoms in total. The molecular weight excluding hydrogens is 412 g/mol. The highest BCUT2D eigenvalue weighted by molar-refractivity contribution is 6.74. The van der Waals surface area contributed by atoms with Gasteiger partial charge in [0.1, 0.15) is 18.6 Å². The minimum atomic E-state index is -2.39. The first-order valence-electron chi connectivity index (χ1n) is 10.5. The lowest BCUT2D eigenvalue weighted by Crippen LogP contribution is -2.54. The van der Waals surface area contributed by atoms with Crippen molar-refractivity contribution in [2.75, 3.05) is 6.61 Å². The van der Waals surface area contributed by atoms with Crippen LogP contribution in [-0.2, 0) is 23.5 Å². The van der Waals surface area contributed by atoms with Crippen LogP contribution in [0.25, 0.3) is 0 Å². The second-order valence-corrected chi connectivity index (χ2v) is 15.8. The van der Waals surface area contributed by atoms with Crippen molar-refractivity contribution in [3.8, 4) is 23.7 Å². The molecule has 1 heterocycles. The molecule has 7 heteroatoms. The van der Waals surface area contributed by atoms with Crippen molar-refractivity contribution in [1.82, 2.24) is 0 Å². The Hall–Kier alpha value is -1.90. The molecule has 0 aromatic heterocycles. The summed E-state index contributed by atoms with van der Waals surface area (Å²) in [6.07, 6.45) is 1.19. The first-order chi connectivity index (χ1) is 14.0. The average Bonchev–Trinajstić information content (AvgIpc) is 3.21. The van der Waals surface area contributed by atoms with Gasteiger partial charge in [-0.15, -0.1) is 0 Å². The number of hydrogen-bond donors (Lipinski definition) is 1. The Bertz CT molecular complexity index is 945. The first-order valence-corrected chi connectivity index (χ1v) is 13.5. The fraction of sp³-hybridized carbons (Fsp3) is 0.667. The van der Waals surface area contributed by atoms with Gasteiger partial charge < -0.3 is 19.0 Å². The van der Waals surface area contributed by atoms with Crippen LogP contribution in [0.1, 0.15) is 41.5 Å². The Morgan fingerprint density at radius 3 is 2.42 bits per heavy atom. The number of carbonyl (C=O) groups is 2. The molecule has 0 bridgehead atoms. The number of hydrogen-bond acceptors (Lipinski definition) is 6. The monoisotopic (exact) mass is 444 g/mol. The lowest BCUT2D eigenvalue weighted by molar-refractivity contribution is -0.154. The maximum absolute atomic E-state index is 12.7. The third kappa shape index (κ3) is 4.38. The summed E-state index contributed by atoms with van der Waals surface area (Å²) in [6.45, 7) is 15.6. The summed E-state index contributed by atoms with van der Waals surface area (Å²) in [7, 11) is -2.39. The van der Waals surface area contributed by atoms with Crippen molar-refractivity contribution < 1.29 is 28.6 Å². The van der Waals surface area contributed by atoms with Crippen LogP contribution in [0, 0.1) is 35.0 Å². The van der Waals surface area contributed by atoms with Crippen molar-refractivity contribution in [2.24, 2.45) is 11.3 Å². The van der Waals surface area contributed by atoms with Crippen molar-refractivity contribution in [1.29, 1.82) is 0 Å². The van der Waals surface area contributed by atoms with E-state index in [0.717, 1.165) is 0 Å². The summed E-state index contributed by atoms with van der Waals surface area (Å²) in [4.78, 5) is 24.9. The topological polar surface area (TPSA) is 85.4 Å². The van der Waals surface area contributed by atoms with Crippen LogP contribution in [0.4, 0.5) is 0 Å². The van der Waals surface area contributed by atoms with Crippen LogP contribution in [0.3, 0.4) is 0 Å². The summed E-state index contributed by atoms with van der Waals surface area (Å²) < 4.78 is 17.8. The molecule has 0 aromatic carbocycles. The molecule has 1 aliphatic heterocycles. The third-order valence-electron chi connectivity index (χ3n) is 6.37. The highest BCUT2D eigenvalue weighted by Crippen LogP contribution is 2.45. The molecular formula is C24H32O6Si. The zero-order chi connectivity index (χ0) is 23.5. The second kappa shape index (κ2) is 7.32. The Morgan fingerprint density at radius 1 is 1.19 bits per heavy atom. The smallest absolute Gasteiger partial charge is 0.311 e. The normalized spacial score (nSPS) is 34.1. The Morgan fingerprint density at radius 2 is 1.84 bits per heavy atom. The minimum Gasteiger partial charge on any atom is -0.461 e. The molecule has 2 aliphatic carbocycles. The second-order valence-electron chi connectivity index (χ2n) is 11.1. The Balaban J connectivity index is 2.01. The molecule has 0 saturated carbocycles. The van der Waals surface area contributed by atoms with Gasteiger partial charge in [-0.25, -0.2) is 0 Å². The van der Waals surface area contributed by atoms with E-state index in [2.05, 4.69) is 57.5 Å². The van der Waals surface area contributed by atoms with E-state index in [1.165, 1.54) is 6.08 Å². The van der Waals surface area contributed by atoms with Gasteiger partial charge in [-0.2, -0.15) is 0 Å². The largest absolute Gasteiger partial charge is 0.461 e. The predicted octanol–water partition coefficient (Wildman–Crippen LogP) is 2.61. The van der Waals surface area contributed by atoms with Crippen molar-refractivity contribution >= 4 is 20.1 Å². The van der Waals surface area contributed by atoms with Crippen LogP contribution in [0.5, 0.6) is 0 Å². The van der Waals surface area contributed by atoms with Crippen molar-refractivity contribution in [2.45, 2.75) is 83.1 Å². The summed E-state index contributed by atoms with van der Waals surface area (Å²) in [6, 6.07) is 0. The molecule has 0 radical (unpaired) electrons. The third-order valence-corrected chi connectivity index (χ3v) is 10.8. The zero-order valence-electron chi connectivity index (χ0n) is 19.6. The van der Waals surface area contributed by atoms with Crippen LogP contribution in [0.15, 0.2) is 12.2 Å². The van der Waals surface area contributed by atoms with Gasteiger partial charge in [0, 0.05) is 0 Å². The molecule has 1 N–H and O–H groups in total. The SMILES string of the molecule is CC(C)(C)C(=O)OC[C@]12C#C[C@]3(O[Si](C)(C)C(C)(C)C)C=CC(=O)[C@@H]3[C@@H](O)C#C[C@H]1O2. The summed E-state index contributed by atoms with van der Waals surface area (Å²) >= 11 is 0. The number of esters is 1. The predicted molar refractivity (Wildman–Crippen MR) is 118 cm³/mol. The minimum absolute atomic E-state index is 0.0793.